The van der Waals surface area contributed by atoms with E-state index in [1.807, 2.05) is 0 Å². The maximum absolute atomic E-state index is 10.5. The number of ether oxygens (including phenoxy) is 3. The van der Waals surface area contributed by atoms with Crippen molar-refractivity contribution in [3.63, 3.8) is 0 Å². The highest BCUT2D eigenvalue weighted by atomic mass is 79.9. The van der Waals surface area contributed by atoms with Crippen LogP contribution in [0.25, 0.3) is 0 Å². The third-order valence-electron chi connectivity index (χ3n) is 6.15. The number of nitrogens with one attached hydrogen (secondary N) is 1. The van der Waals surface area contributed by atoms with Gasteiger partial charge in [-0.2, -0.15) is 15.8 Å². The average Bonchev–Trinajstić information content (AvgIpc) is 2.96. The molecule has 0 spiro atoms. The Morgan fingerprint density at radius 2 is 1.61 bits per heavy atom. The molecule has 2 fully saturated rings. The molecule has 0 aliphatic carbocycles. The summed E-state index contributed by atoms with van der Waals surface area (Å²) in [5, 5.41) is 39.9. The monoisotopic (exact) mass is 476 g/mol. The van der Waals surface area contributed by atoms with Crippen LogP contribution < -0.4 is 4.74 Å². The van der Waals surface area contributed by atoms with Crippen LogP contribution in [0.15, 0.2) is 53.0 Å². The van der Waals surface area contributed by atoms with Gasteiger partial charge in [-0.15, -0.1) is 0 Å². The zero-order valence-electron chi connectivity index (χ0n) is 16.7. The highest BCUT2D eigenvalue weighted by Crippen LogP contribution is 2.70. The number of hydrogen-bond acceptors (Lipinski definition) is 7. The van der Waals surface area contributed by atoms with Crippen LogP contribution in [0.2, 0.25) is 0 Å². The molecule has 4 rings (SSSR count). The Morgan fingerprint density at radius 3 is 2.19 bits per heavy atom. The molecule has 0 radical (unpaired) electrons. The number of rotatable bonds is 3. The lowest BCUT2D eigenvalue weighted by atomic mass is 9.52. The first-order chi connectivity index (χ1) is 14.8. The third-order valence-corrected chi connectivity index (χ3v) is 6.88. The Kier molecular flexibility index (Phi) is 4.78. The minimum Gasteiger partial charge on any atom is -0.496 e. The fourth-order valence-corrected chi connectivity index (χ4v) is 5.31. The number of fused-ring (bicyclic) bond motifs is 2. The number of nitrogens with zero attached hydrogens (tertiary/aromatic N) is 3. The van der Waals surface area contributed by atoms with Crippen molar-refractivity contribution in [2.75, 3.05) is 7.11 Å². The maximum atomic E-state index is 10.5. The van der Waals surface area contributed by atoms with Crippen molar-refractivity contribution in [2.45, 2.75) is 24.7 Å². The molecule has 2 saturated heterocycles. The van der Waals surface area contributed by atoms with E-state index >= 15 is 0 Å². The Labute approximate surface area is 188 Å². The molecular formula is C23H17BrN4O3. The van der Waals surface area contributed by atoms with Crippen LogP contribution in [0.3, 0.4) is 0 Å². The van der Waals surface area contributed by atoms with Crippen molar-refractivity contribution in [2.24, 2.45) is 10.8 Å². The molecule has 2 bridgehead atoms. The summed E-state index contributed by atoms with van der Waals surface area (Å²) in [5.74, 6) is -2.46. The molecule has 2 aromatic carbocycles. The van der Waals surface area contributed by atoms with Gasteiger partial charge in [0.05, 0.1) is 31.2 Å². The largest absolute Gasteiger partial charge is 0.496 e. The normalized spacial score (nSPS) is 30.4. The van der Waals surface area contributed by atoms with Gasteiger partial charge in [-0.1, -0.05) is 52.3 Å². The first-order valence-corrected chi connectivity index (χ1v) is 10.2. The van der Waals surface area contributed by atoms with Gasteiger partial charge in [0.2, 0.25) is 17.1 Å². The molecule has 4 unspecified atom stereocenters. The number of nitriles is 3. The van der Waals surface area contributed by atoms with Crippen LogP contribution in [0, 0.1) is 50.2 Å². The van der Waals surface area contributed by atoms with Gasteiger partial charge in [0.25, 0.3) is 0 Å². The van der Waals surface area contributed by atoms with Crippen molar-refractivity contribution >= 4 is 21.8 Å². The first-order valence-electron chi connectivity index (χ1n) is 9.42. The van der Waals surface area contributed by atoms with Crippen LogP contribution in [0.1, 0.15) is 30.1 Å². The summed E-state index contributed by atoms with van der Waals surface area (Å²) in [6, 6.07) is 20.3. The van der Waals surface area contributed by atoms with E-state index in [0.717, 1.165) is 0 Å². The molecule has 2 aliphatic rings. The van der Waals surface area contributed by atoms with Gasteiger partial charge < -0.3 is 14.2 Å². The van der Waals surface area contributed by atoms with E-state index in [-0.39, 0.29) is 0 Å². The van der Waals surface area contributed by atoms with E-state index < -0.39 is 34.5 Å². The molecule has 2 aliphatic heterocycles. The molecule has 4 atom stereocenters. The molecule has 154 valence electrons. The minimum absolute atomic E-state index is 0.448. The van der Waals surface area contributed by atoms with Crippen molar-refractivity contribution in [1.29, 1.82) is 21.2 Å². The van der Waals surface area contributed by atoms with Gasteiger partial charge in [-0.25, -0.2) is 0 Å². The van der Waals surface area contributed by atoms with Gasteiger partial charge in [0, 0.05) is 17.0 Å². The van der Waals surface area contributed by atoms with Crippen LogP contribution >= 0.6 is 15.9 Å². The Bertz CT molecular complexity index is 1200. The van der Waals surface area contributed by atoms with E-state index in [9.17, 15) is 15.8 Å². The lowest BCUT2D eigenvalue weighted by molar-refractivity contribution is -0.253. The zero-order chi connectivity index (χ0) is 22.4. The molecule has 0 amide bonds. The van der Waals surface area contributed by atoms with Gasteiger partial charge >= 0.3 is 0 Å². The molecule has 2 heterocycles. The minimum atomic E-state index is -2.07. The van der Waals surface area contributed by atoms with E-state index in [1.165, 1.54) is 7.11 Å². The van der Waals surface area contributed by atoms with Crippen molar-refractivity contribution in [1.82, 2.24) is 0 Å². The Morgan fingerprint density at radius 1 is 1.00 bits per heavy atom. The molecule has 1 N–H and O–H groups in total. The summed E-state index contributed by atoms with van der Waals surface area (Å²) < 4.78 is 18.3. The highest BCUT2D eigenvalue weighted by Gasteiger charge is 2.80. The summed E-state index contributed by atoms with van der Waals surface area (Å²) in [7, 11) is 1.49. The fraction of sp³-hybridized carbons (Fsp3) is 0.304. The smallest absolute Gasteiger partial charge is 0.219 e. The van der Waals surface area contributed by atoms with Crippen LogP contribution in [0.4, 0.5) is 0 Å². The molecule has 0 aromatic heterocycles. The van der Waals surface area contributed by atoms with Gasteiger partial charge in [0.15, 0.2) is 5.41 Å². The van der Waals surface area contributed by atoms with E-state index in [4.69, 9.17) is 19.6 Å². The fourth-order valence-electron chi connectivity index (χ4n) is 4.82. The molecule has 0 saturated carbocycles. The third kappa shape index (κ3) is 2.48. The predicted octanol–water partition coefficient (Wildman–Crippen LogP) is 4.58. The second kappa shape index (κ2) is 7.10. The summed E-state index contributed by atoms with van der Waals surface area (Å²) in [6.07, 6.45) is -1.14. The lowest BCUT2D eigenvalue weighted by Gasteiger charge is -2.49. The highest BCUT2D eigenvalue weighted by molar-refractivity contribution is 9.10. The zero-order valence-corrected chi connectivity index (χ0v) is 18.3. The van der Waals surface area contributed by atoms with Crippen molar-refractivity contribution in [3.8, 4) is 24.0 Å². The second-order valence-electron chi connectivity index (χ2n) is 7.59. The topological polar surface area (TPSA) is 123 Å². The molecule has 7 nitrogen and oxygen atoms in total. The SMILES string of the molecule is COc1ccccc1C1C2(C)OC(=N)C1(C#N)C(C#N)(C#N)C(c1ccccc1Br)O2. The molecule has 2 aromatic rings. The number of methoxy groups -OCH3 is 1. The summed E-state index contributed by atoms with van der Waals surface area (Å²) in [4.78, 5) is 0. The van der Waals surface area contributed by atoms with Gasteiger partial charge in [-0.3, -0.25) is 5.41 Å². The second-order valence-corrected chi connectivity index (χ2v) is 8.45. The summed E-state index contributed by atoms with van der Waals surface area (Å²) in [6.45, 7) is 1.63. The van der Waals surface area contributed by atoms with Gasteiger partial charge in [-0.05, 0) is 17.7 Å². The number of benzene rings is 2. The van der Waals surface area contributed by atoms with Crippen LogP contribution in [-0.4, -0.2) is 18.8 Å². The van der Waals surface area contributed by atoms with Gasteiger partial charge in [0.1, 0.15) is 11.9 Å². The standard InChI is InChI=1S/C23H17BrN4O3/c1-21-18(15-8-4-6-10-17(15)29-2)23(13-27,20(28)31-21)22(11-25,12-26)19(30-21)14-7-3-5-9-16(14)24/h3-10,18-19,28H,1-2H3. The van der Waals surface area contributed by atoms with E-state index in [0.29, 0.717) is 21.3 Å². The van der Waals surface area contributed by atoms with Crippen molar-refractivity contribution < 1.29 is 14.2 Å². The first kappa shape index (κ1) is 20.9. The Balaban J connectivity index is 2.08. The van der Waals surface area contributed by atoms with E-state index in [1.54, 1.807) is 55.5 Å². The van der Waals surface area contributed by atoms with Crippen LogP contribution in [-0.2, 0) is 9.47 Å². The number of para-hydroxylation sites is 1. The predicted molar refractivity (Wildman–Crippen MR) is 113 cm³/mol. The number of hydrogen-bond donors (Lipinski definition) is 1. The Hall–Kier alpha value is -3.38. The lowest BCUT2D eigenvalue weighted by Crippen LogP contribution is -2.57. The van der Waals surface area contributed by atoms with E-state index in [2.05, 4.69) is 34.1 Å². The summed E-state index contributed by atoms with van der Waals surface area (Å²) in [5.41, 5.74) is -2.95. The quantitative estimate of drug-likeness (QED) is 0.691. The summed E-state index contributed by atoms with van der Waals surface area (Å²) >= 11 is 3.46. The van der Waals surface area contributed by atoms with Crippen molar-refractivity contribution in [3.05, 3.63) is 64.1 Å². The van der Waals surface area contributed by atoms with Crippen LogP contribution in [0.5, 0.6) is 5.75 Å². The molecule has 8 heteroatoms. The number of halogens is 1. The maximum Gasteiger partial charge on any atom is 0.219 e. The molecular weight excluding hydrogens is 460 g/mol. The molecule has 31 heavy (non-hydrogen) atoms. The average molecular weight is 477 g/mol.